The number of benzene rings is 1. The number of halogens is 3. The predicted octanol–water partition coefficient (Wildman–Crippen LogP) is 2.88. The first kappa shape index (κ1) is 12.6. The second kappa shape index (κ2) is 5.18. The Morgan fingerprint density at radius 1 is 1.33 bits per heavy atom. The molecular weight excluding hydrogens is 262 g/mol. The molecule has 1 amide bonds. The Balaban J connectivity index is 2.11. The summed E-state index contributed by atoms with van der Waals surface area (Å²) in [6.07, 6.45) is 3.43. The largest absolute Gasteiger partial charge is 0.367 e. The predicted molar refractivity (Wildman–Crippen MR) is 63.3 cm³/mol. The number of carbonyl (C=O) groups is 1. The molecule has 2 N–H and O–H groups in total. The van der Waals surface area contributed by atoms with Crippen molar-refractivity contribution in [2.75, 3.05) is 0 Å². The highest BCUT2D eigenvalue weighted by molar-refractivity contribution is 6.33. The van der Waals surface area contributed by atoms with Crippen molar-refractivity contribution in [2.24, 2.45) is 0 Å². The molecule has 18 heavy (non-hydrogen) atoms. The van der Waals surface area contributed by atoms with Crippen molar-refractivity contribution in [1.29, 1.82) is 0 Å². The Bertz CT molecular complexity index is 570. The van der Waals surface area contributed by atoms with Gasteiger partial charge in [-0.3, -0.25) is 4.79 Å². The molecule has 0 unspecified atom stereocenters. The van der Waals surface area contributed by atoms with Crippen molar-refractivity contribution >= 4 is 17.5 Å². The van der Waals surface area contributed by atoms with Crippen LogP contribution in [-0.4, -0.2) is 10.9 Å². The fourth-order valence-corrected chi connectivity index (χ4v) is 1.68. The van der Waals surface area contributed by atoms with Crippen molar-refractivity contribution in [2.45, 2.75) is 6.54 Å². The monoisotopic (exact) mass is 270 g/mol. The third-order valence-electron chi connectivity index (χ3n) is 2.37. The zero-order chi connectivity index (χ0) is 13.1. The summed E-state index contributed by atoms with van der Waals surface area (Å²) in [7, 11) is 0. The smallest absolute Gasteiger partial charge is 0.253 e. The molecular formula is C12H9ClF2N2O. The van der Waals surface area contributed by atoms with Gasteiger partial charge in [0.05, 0.1) is 10.6 Å². The maximum atomic E-state index is 13.0. The van der Waals surface area contributed by atoms with Crippen LogP contribution in [-0.2, 0) is 6.54 Å². The van der Waals surface area contributed by atoms with Gasteiger partial charge in [-0.15, -0.1) is 0 Å². The van der Waals surface area contributed by atoms with Gasteiger partial charge in [0, 0.05) is 18.9 Å². The summed E-state index contributed by atoms with van der Waals surface area (Å²) in [5.74, 6) is -2.74. The van der Waals surface area contributed by atoms with Crippen molar-refractivity contribution in [3.05, 3.63) is 58.4 Å². The minimum absolute atomic E-state index is 0.0916. The normalized spacial score (nSPS) is 10.4. The first-order valence-electron chi connectivity index (χ1n) is 5.12. The van der Waals surface area contributed by atoms with Crippen LogP contribution in [0.15, 0.2) is 30.6 Å². The fraction of sp³-hybridized carbons (Fsp3) is 0.0833. The van der Waals surface area contributed by atoms with Crippen molar-refractivity contribution < 1.29 is 13.6 Å². The lowest BCUT2D eigenvalue weighted by atomic mass is 10.2. The van der Waals surface area contributed by atoms with E-state index in [4.69, 9.17) is 11.6 Å². The summed E-state index contributed by atoms with van der Waals surface area (Å²) in [6, 6.07) is 3.35. The minimum atomic E-state index is -1.11. The first-order chi connectivity index (χ1) is 8.58. The van der Waals surface area contributed by atoms with Crippen LogP contribution in [0.3, 0.4) is 0 Å². The number of carbonyl (C=O) groups excluding carboxylic acids is 1. The fourth-order valence-electron chi connectivity index (χ4n) is 1.44. The maximum Gasteiger partial charge on any atom is 0.253 e. The van der Waals surface area contributed by atoms with E-state index in [0.717, 1.165) is 17.7 Å². The van der Waals surface area contributed by atoms with Gasteiger partial charge in [0.25, 0.3) is 5.91 Å². The molecule has 0 aliphatic rings. The molecule has 0 bridgehead atoms. The average Bonchev–Trinajstić information content (AvgIpc) is 2.84. The highest BCUT2D eigenvalue weighted by Crippen LogP contribution is 2.20. The topological polar surface area (TPSA) is 44.9 Å². The number of amides is 1. The van der Waals surface area contributed by atoms with E-state index in [9.17, 15) is 13.6 Å². The van der Waals surface area contributed by atoms with Gasteiger partial charge in [0.2, 0.25) is 0 Å². The Kier molecular flexibility index (Phi) is 3.62. The van der Waals surface area contributed by atoms with E-state index in [-0.39, 0.29) is 17.1 Å². The maximum absolute atomic E-state index is 13.0. The Hall–Kier alpha value is -1.88. The van der Waals surface area contributed by atoms with Gasteiger partial charge in [-0.2, -0.15) is 0 Å². The SMILES string of the molecule is O=C(NCc1cc[nH]c1)c1cc(F)c(F)cc1Cl. The van der Waals surface area contributed by atoms with Gasteiger partial charge >= 0.3 is 0 Å². The van der Waals surface area contributed by atoms with Gasteiger partial charge in [-0.1, -0.05) is 11.6 Å². The summed E-state index contributed by atoms with van der Waals surface area (Å²) < 4.78 is 25.9. The average molecular weight is 271 g/mol. The molecule has 0 atom stereocenters. The Morgan fingerprint density at radius 3 is 2.72 bits per heavy atom. The number of aromatic nitrogens is 1. The molecule has 0 aliphatic heterocycles. The van der Waals surface area contributed by atoms with E-state index in [1.807, 2.05) is 0 Å². The molecule has 1 aromatic heterocycles. The van der Waals surface area contributed by atoms with Gasteiger partial charge < -0.3 is 10.3 Å². The van der Waals surface area contributed by atoms with Gasteiger partial charge in [0.1, 0.15) is 0 Å². The third kappa shape index (κ3) is 2.68. The molecule has 0 aliphatic carbocycles. The summed E-state index contributed by atoms with van der Waals surface area (Å²) in [4.78, 5) is 14.6. The van der Waals surface area contributed by atoms with Crippen molar-refractivity contribution in [3.63, 3.8) is 0 Å². The molecule has 0 saturated heterocycles. The first-order valence-corrected chi connectivity index (χ1v) is 5.50. The van der Waals surface area contributed by atoms with Crippen molar-refractivity contribution in [3.8, 4) is 0 Å². The minimum Gasteiger partial charge on any atom is -0.367 e. The zero-order valence-electron chi connectivity index (χ0n) is 9.14. The molecule has 2 aromatic rings. The molecule has 0 saturated carbocycles. The number of rotatable bonds is 3. The Morgan fingerprint density at radius 2 is 2.06 bits per heavy atom. The van der Waals surface area contributed by atoms with E-state index in [1.165, 1.54) is 0 Å². The molecule has 0 radical (unpaired) electrons. The number of hydrogen-bond acceptors (Lipinski definition) is 1. The Labute approximate surface area is 107 Å². The van der Waals surface area contributed by atoms with E-state index in [2.05, 4.69) is 10.3 Å². The summed E-state index contributed by atoms with van der Waals surface area (Å²) in [6.45, 7) is 0.275. The van der Waals surface area contributed by atoms with Crippen LogP contribution < -0.4 is 5.32 Å². The van der Waals surface area contributed by atoms with E-state index >= 15 is 0 Å². The van der Waals surface area contributed by atoms with Crippen LogP contribution in [0.4, 0.5) is 8.78 Å². The number of nitrogens with one attached hydrogen (secondary N) is 2. The zero-order valence-corrected chi connectivity index (χ0v) is 9.89. The van der Waals surface area contributed by atoms with Gasteiger partial charge in [-0.25, -0.2) is 8.78 Å². The molecule has 3 nitrogen and oxygen atoms in total. The van der Waals surface area contributed by atoms with Crippen molar-refractivity contribution in [1.82, 2.24) is 10.3 Å². The molecule has 0 fully saturated rings. The standard InChI is InChI=1S/C12H9ClF2N2O/c13-9-4-11(15)10(14)3-8(9)12(18)17-6-7-1-2-16-5-7/h1-5,16H,6H2,(H,17,18). The lowest BCUT2D eigenvalue weighted by molar-refractivity contribution is 0.0950. The van der Waals surface area contributed by atoms with Crippen LogP contribution in [0, 0.1) is 11.6 Å². The van der Waals surface area contributed by atoms with Gasteiger partial charge in [0.15, 0.2) is 11.6 Å². The third-order valence-corrected chi connectivity index (χ3v) is 2.68. The quantitative estimate of drug-likeness (QED) is 0.828. The molecule has 2 rings (SSSR count). The summed E-state index contributed by atoms with van der Waals surface area (Å²) in [5.41, 5.74) is 0.771. The number of aromatic amines is 1. The molecule has 1 heterocycles. The van der Waals surface area contributed by atoms with E-state index in [1.54, 1.807) is 18.5 Å². The van der Waals surface area contributed by atoms with Crippen LogP contribution in [0.25, 0.3) is 0 Å². The lowest BCUT2D eigenvalue weighted by Gasteiger charge is -2.06. The second-order valence-corrected chi connectivity index (χ2v) is 4.06. The van der Waals surface area contributed by atoms with E-state index < -0.39 is 17.5 Å². The van der Waals surface area contributed by atoms with Crippen LogP contribution >= 0.6 is 11.6 Å². The summed E-state index contributed by atoms with van der Waals surface area (Å²) >= 11 is 5.68. The molecule has 1 aromatic carbocycles. The number of H-pyrrole nitrogens is 1. The van der Waals surface area contributed by atoms with E-state index in [0.29, 0.717) is 0 Å². The van der Waals surface area contributed by atoms with Crippen LogP contribution in [0.5, 0.6) is 0 Å². The molecule has 0 spiro atoms. The highest BCUT2D eigenvalue weighted by Gasteiger charge is 2.14. The number of hydrogen-bond donors (Lipinski definition) is 2. The second-order valence-electron chi connectivity index (χ2n) is 3.65. The highest BCUT2D eigenvalue weighted by atomic mass is 35.5. The molecule has 6 heteroatoms. The van der Waals surface area contributed by atoms with Crippen LogP contribution in [0.1, 0.15) is 15.9 Å². The molecule has 94 valence electrons. The summed E-state index contributed by atoms with van der Waals surface area (Å²) in [5, 5.41) is 2.43. The lowest BCUT2D eigenvalue weighted by Crippen LogP contribution is -2.23. The van der Waals surface area contributed by atoms with Gasteiger partial charge in [-0.05, 0) is 23.8 Å². The van der Waals surface area contributed by atoms with Crippen LogP contribution in [0.2, 0.25) is 5.02 Å².